The number of fused-ring (bicyclic) bond motifs is 5. The van der Waals surface area contributed by atoms with Crippen LogP contribution < -0.4 is 0 Å². The van der Waals surface area contributed by atoms with Gasteiger partial charge in [0.05, 0.1) is 0 Å². The standard InChI is InChI=1S/C21H24O2/c1-4-21(23)10-9-18-17-7-5-14-11-15(22)6-8-16(14)19(17)13(2)12-20(18,21)3/h1,9-11,16-19,23H,2,5-8,12H2,3H3/t16-,17-,18-,19+,20-,21+/m0/s1. The van der Waals surface area contributed by atoms with Crippen molar-refractivity contribution in [3.8, 4) is 12.3 Å². The summed E-state index contributed by atoms with van der Waals surface area (Å²) >= 11 is 0. The second-order valence-corrected chi connectivity index (χ2v) is 8.11. The maximum Gasteiger partial charge on any atom is 0.155 e. The average Bonchev–Trinajstić information content (AvgIpc) is 2.78. The van der Waals surface area contributed by atoms with Crippen molar-refractivity contribution in [2.24, 2.45) is 29.1 Å². The fourth-order valence-electron chi connectivity index (χ4n) is 5.91. The van der Waals surface area contributed by atoms with Crippen LogP contribution in [0.4, 0.5) is 0 Å². The highest BCUT2D eigenvalue weighted by Crippen LogP contribution is 2.63. The molecule has 1 N–H and O–H groups in total. The van der Waals surface area contributed by atoms with Crippen LogP contribution in [0.5, 0.6) is 0 Å². The van der Waals surface area contributed by atoms with Gasteiger partial charge in [0.15, 0.2) is 5.78 Å². The number of allylic oxidation sites excluding steroid dienone is 4. The molecule has 0 aromatic heterocycles. The van der Waals surface area contributed by atoms with Gasteiger partial charge in [-0.15, -0.1) is 6.42 Å². The summed E-state index contributed by atoms with van der Waals surface area (Å²) in [6, 6.07) is 0. The van der Waals surface area contributed by atoms with Crippen molar-refractivity contribution >= 4 is 5.78 Å². The third kappa shape index (κ3) is 1.83. The molecule has 0 saturated heterocycles. The fraction of sp³-hybridized carbons (Fsp3) is 0.571. The molecule has 2 heteroatoms. The molecule has 0 aromatic carbocycles. The topological polar surface area (TPSA) is 37.3 Å². The predicted molar refractivity (Wildman–Crippen MR) is 90.3 cm³/mol. The third-order valence-corrected chi connectivity index (χ3v) is 7.08. The molecule has 0 amide bonds. The second kappa shape index (κ2) is 4.71. The Hall–Kier alpha value is -1.59. The Morgan fingerprint density at radius 3 is 2.91 bits per heavy atom. The summed E-state index contributed by atoms with van der Waals surface area (Å²) in [7, 11) is 0. The molecule has 0 radical (unpaired) electrons. The third-order valence-electron chi connectivity index (χ3n) is 7.08. The molecule has 4 aliphatic rings. The Morgan fingerprint density at radius 2 is 2.17 bits per heavy atom. The first-order chi connectivity index (χ1) is 10.9. The van der Waals surface area contributed by atoms with Gasteiger partial charge in [-0.1, -0.05) is 36.6 Å². The van der Waals surface area contributed by atoms with Crippen molar-refractivity contribution in [2.45, 2.75) is 44.6 Å². The summed E-state index contributed by atoms with van der Waals surface area (Å²) in [6.07, 6.45) is 16.0. The summed E-state index contributed by atoms with van der Waals surface area (Å²) < 4.78 is 0. The monoisotopic (exact) mass is 308 g/mol. The molecule has 4 rings (SSSR count). The van der Waals surface area contributed by atoms with Gasteiger partial charge >= 0.3 is 0 Å². The second-order valence-electron chi connectivity index (χ2n) is 8.11. The van der Waals surface area contributed by atoms with Crippen molar-refractivity contribution in [1.29, 1.82) is 0 Å². The van der Waals surface area contributed by atoms with Crippen LogP contribution in [0.2, 0.25) is 0 Å². The van der Waals surface area contributed by atoms with Crippen LogP contribution in [0.25, 0.3) is 0 Å². The van der Waals surface area contributed by atoms with Gasteiger partial charge in [0.1, 0.15) is 5.60 Å². The van der Waals surface area contributed by atoms with Crippen molar-refractivity contribution in [2.75, 3.05) is 0 Å². The molecule has 2 fully saturated rings. The van der Waals surface area contributed by atoms with E-state index >= 15 is 0 Å². The van der Waals surface area contributed by atoms with E-state index in [1.807, 2.05) is 12.2 Å². The molecule has 0 aliphatic heterocycles. The molecule has 6 atom stereocenters. The van der Waals surface area contributed by atoms with Gasteiger partial charge in [-0.3, -0.25) is 4.79 Å². The molecule has 23 heavy (non-hydrogen) atoms. The molecule has 2 nitrogen and oxygen atoms in total. The lowest BCUT2D eigenvalue weighted by atomic mass is 9.49. The number of carbonyl (C=O) groups excluding carboxylic acids is 1. The Labute approximate surface area is 138 Å². The van der Waals surface area contributed by atoms with E-state index in [9.17, 15) is 9.90 Å². The van der Waals surface area contributed by atoms with E-state index in [4.69, 9.17) is 6.42 Å². The highest BCUT2D eigenvalue weighted by Gasteiger charge is 2.60. The Bertz CT molecular complexity index is 691. The van der Waals surface area contributed by atoms with E-state index in [0.29, 0.717) is 30.1 Å². The number of terminal acetylenes is 1. The molecular weight excluding hydrogens is 284 g/mol. The minimum atomic E-state index is -1.16. The highest BCUT2D eigenvalue weighted by molar-refractivity contribution is 5.91. The van der Waals surface area contributed by atoms with Gasteiger partial charge < -0.3 is 5.11 Å². The van der Waals surface area contributed by atoms with Crippen LogP contribution in [0.1, 0.15) is 39.0 Å². The van der Waals surface area contributed by atoms with Crippen molar-refractivity contribution in [1.82, 2.24) is 0 Å². The molecule has 2 saturated carbocycles. The molecular formula is C21H24O2. The van der Waals surface area contributed by atoms with Gasteiger partial charge in [0.2, 0.25) is 0 Å². The minimum Gasteiger partial charge on any atom is -0.373 e. The first-order valence-electron chi connectivity index (χ1n) is 8.70. The number of hydrogen-bond donors (Lipinski definition) is 1. The zero-order chi connectivity index (χ0) is 16.4. The van der Waals surface area contributed by atoms with E-state index < -0.39 is 5.60 Å². The van der Waals surface area contributed by atoms with Gasteiger partial charge in [-0.2, -0.15) is 0 Å². The Morgan fingerprint density at radius 1 is 1.39 bits per heavy atom. The number of rotatable bonds is 0. The summed E-state index contributed by atoms with van der Waals surface area (Å²) in [6.45, 7) is 6.51. The van der Waals surface area contributed by atoms with Crippen LogP contribution in [-0.2, 0) is 4.79 Å². The zero-order valence-electron chi connectivity index (χ0n) is 13.7. The molecule has 0 unspecified atom stereocenters. The molecule has 120 valence electrons. The lowest BCUT2D eigenvalue weighted by molar-refractivity contribution is -0.115. The van der Waals surface area contributed by atoms with E-state index in [2.05, 4.69) is 25.5 Å². The maximum absolute atomic E-state index is 11.8. The van der Waals surface area contributed by atoms with E-state index in [0.717, 1.165) is 25.7 Å². The molecule has 0 bridgehead atoms. The van der Waals surface area contributed by atoms with Crippen molar-refractivity contribution in [3.05, 3.63) is 36.0 Å². The SMILES string of the molecule is C#C[C@@]1(O)C=C[C@H]2[C@@H]3CCC4=CC(=O)CC[C@@H]4[C@H]3C(=C)C[C@@]21C. The Kier molecular flexibility index (Phi) is 3.06. The van der Waals surface area contributed by atoms with E-state index in [1.54, 1.807) is 0 Å². The lowest BCUT2D eigenvalue weighted by Crippen LogP contribution is -2.53. The predicted octanol–water partition coefficient (Wildman–Crippen LogP) is 3.43. The highest BCUT2D eigenvalue weighted by atomic mass is 16.3. The molecule has 0 spiro atoms. The van der Waals surface area contributed by atoms with Gasteiger partial charge in [0.25, 0.3) is 0 Å². The largest absolute Gasteiger partial charge is 0.373 e. The fourth-order valence-corrected chi connectivity index (χ4v) is 5.91. The first-order valence-corrected chi connectivity index (χ1v) is 8.70. The Balaban J connectivity index is 1.73. The van der Waals surface area contributed by atoms with Crippen LogP contribution in [-0.4, -0.2) is 16.5 Å². The van der Waals surface area contributed by atoms with Crippen LogP contribution >= 0.6 is 0 Å². The summed E-state index contributed by atoms with van der Waals surface area (Å²) in [5.74, 6) is 4.60. The zero-order valence-corrected chi connectivity index (χ0v) is 13.7. The molecule has 0 heterocycles. The van der Waals surface area contributed by atoms with Gasteiger partial charge in [-0.25, -0.2) is 0 Å². The number of aliphatic hydroxyl groups is 1. The van der Waals surface area contributed by atoms with Crippen LogP contribution in [0.3, 0.4) is 0 Å². The van der Waals surface area contributed by atoms with Crippen LogP contribution in [0, 0.1) is 41.4 Å². The van der Waals surface area contributed by atoms with E-state index in [1.165, 1.54) is 11.1 Å². The minimum absolute atomic E-state index is 0.281. The maximum atomic E-state index is 11.8. The number of carbonyl (C=O) groups is 1. The summed E-state index contributed by atoms with van der Waals surface area (Å²) in [5, 5.41) is 10.9. The molecule has 0 aromatic rings. The van der Waals surface area contributed by atoms with Gasteiger partial charge in [0, 0.05) is 11.8 Å². The molecule has 4 aliphatic carbocycles. The normalized spacial score (nSPS) is 48.1. The summed E-state index contributed by atoms with van der Waals surface area (Å²) in [5.41, 5.74) is 1.05. The quantitative estimate of drug-likeness (QED) is 0.550. The van der Waals surface area contributed by atoms with E-state index in [-0.39, 0.29) is 11.2 Å². The van der Waals surface area contributed by atoms with Crippen molar-refractivity contribution in [3.63, 3.8) is 0 Å². The first kappa shape index (κ1) is 15.0. The van der Waals surface area contributed by atoms with Crippen molar-refractivity contribution < 1.29 is 9.90 Å². The van der Waals surface area contributed by atoms with Crippen LogP contribution in [0.15, 0.2) is 36.0 Å². The average molecular weight is 308 g/mol. The lowest BCUT2D eigenvalue weighted by Gasteiger charge is -2.55. The summed E-state index contributed by atoms with van der Waals surface area (Å²) in [4.78, 5) is 11.8. The van der Waals surface area contributed by atoms with Gasteiger partial charge in [-0.05, 0) is 61.5 Å². The number of hydrogen-bond acceptors (Lipinski definition) is 2. The number of ketones is 1. The smallest absolute Gasteiger partial charge is 0.155 e.